The fourth-order valence-electron chi connectivity index (χ4n) is 2.22. The first kappa shape index (κ1) is 20.2. The van der Waals surface area contributed by atoms with Gasteiger partial charge in [-0.05, 0) is 25.1 Å². The van der Waals surface area contributed by atoms with Crippen molar-refractivity contribution in [3.05, 3.63) is 35.0 Å². The van der Waals surface area contributed by atoms with Crippen molar-refractivity contribution in [2.75, 3.05) is 38.2 Å². The molecule has 0 aromatic heterocycles. The van der Waals surface area contributed by atoms with Crippen LogP contribution in [0.5, 0.6) is 0 Å². The van der Waals surface area contributed by atoms with Gasteiger partial charge in [0.2, 0.25) is 10.0 Å². The maximum Gasteiger partial charge on any atom is 0.350 e. The lowest BCUT2D eigenvalue weighted by molar-refractivity contribution is -0.138. The molecule has 1 N–H and O–H groups in total. The number of halogens is 1. The van der Waals surface area contributed by atoms with Gasteiger partial charge in [-0.15, -0.1) is 0 Å². The monoisotopic (exact) mass is 399 g/mol. The van der Waals surface area contributed by atoms with E-state index in [1.165, 1.54) is 22.5 Å². The van der Waals surface area contributed by atoms with Crippen LogP contribution in [0.15, 0.2) is 34.9 Å². The number of carbonyl (C=O) groups is 1. The minimum Gasteiger partial charge on any atom is -0.462 e. The molecule has 0 aliphatic carbocycles. The van der Waals surface area contributed by atoms with Gasteiger partial charge in [-0.3, -0.25) is 0 Å². The maximum absolute atomic E-state index is 12.8. The Hall–Kier alpha value is -2.12. The van der Waals surface area contributed by atoms with Crippen LogP contribution in [0.4, 0.5) is 5.69 Å². The molecule has 0 bridgehead atoms. The minimum absolute atomic E-state index is 0.0610. The second-order valence-electron chi connectivity index (χ2n) is 5.20. The van der Waals surface area contributed by atoms with E-state index in [1.807, 2.05) is 0 Å². The van der Waals surface area contributed by atoms with Gasteiger partial charge in [-0.1, -0.05) is 11.6 Å². The van der Waals surface area contributed by atoms with Crippen LogP contribution >= 0.6 is 11.6 Å². The molecule has 1 aromatic rings. The van der Waals surface area contributed by atoms with E-state index in [1.54, 1.807) is 13.0 Å². The van der Waals surface area contributed by atoms with Crippen LogP contribution in [-0.4, -0.2) is 51.6 Å². The molecule has 0 spiro atoms. The predicted molar refractivity (Wildman–Crippen MR) is 95.0 cm³/mol. The lowest BCUT2D eigenvalue weighted by Crippen LogP contribution is -2.40. The van der Waals surface area contributed by atoms with Gasteiger partial charge in [-0.2, -0.15) is 9.57 Å². The highest BCUT2D eigenvalue weighted by atomic mass is 35.5. The SMILES string of the molecule is CCOC(=O)/C(C#N)=C/Nc1ccc(Cl)c(S(=O)(=O)N2CCOCC2)c1. The molecule has 26 heavy (non-hydrogen) atoms. The van der Waals surface area contributed by atoms with Crippen molar-refractivity contribution >= 4 is 33.3 Å². The van der Waals surface area contributed by atoms with Crippen LogP contribution in [-0.2, 0) is 24.3 Å². The standard InChI is InChI=1S/C16H18ClN3O5S/c1-2-25-16(21)12(10-18)11-19-13-3-4-14(17)15(9-13)26(22,23)20-5-7-24-8-6-20/h3-4,9,11,19H,2,5-8H2,1H3/b12-11+. The summed E-state index contributed by atoms with van der Waals surface area (Å²) < 4.78 is 36.8. The fraction of sp³-hybridized carbons (Fsp3) is 0.375. The molecule has 2 rings (SSSR count). The van der Waals surface area contributed by atoms with Gasteiger partial charge in [0.15, 0.2) is 5.57 Å². The molecule has 0 amide bonds. The summed E-state index contributed by atoms with van der Waals surface area (Å²) in [5.41, 5.74) is 0.123. The molecule has 1 aromatic carbocycles. The lowest BCUT2D eigenvalue weighted by atomic mass is 10.3. The largest absolute Gasteiger partial charge is 0.462 e. The van der Waals surface area contributed by atoms with Crippen LogP contribution in [0.25, 0.3) is 0 Å². The van der Waals surface area contributed by atoms with E-state index in [2.05, 4.69) is 5.32 Å². The van der Waals surface area contributed by atoms with Crippen molar-refractivity contribution in [3.63, 3.8) is 0 Å². The van der Waals surface area contributed by atoms with Crippen molar-refractivity contribution in [1.82, 2.24) is 4.31 Å². The number of nitrogens with zero attached hydrogens (tertiary/aromatic N) is 2. The summed E-state index contributed by atoms with van der Waals surface area (Å²) in [5, 5.41) is 11.8. The second-order valence-corrected chi connectivity index (χ2v) is 7.51. The highest BCUT2D eigenvalue weighted by Gasteiger charge is 2.28. The van der Waals surface area contributed by atoms with Crippen LogP contribution < -0.4 is 5.32 Å². The average molecular weight is 400 g/mol. The molecule has 0 unspecified atom stereocenters. The summed E-state index contributed by atoms with van der Waals surface area (Å²) in [6.45, 7) is 2.91. The van der Waals surface area contributed by atoms with Crippen LogP contribution in [0.2, 0.25) is 5.02 Å². The van der Waals surface area contributed by atoms with Crippen molar-refractivity contribution in [2.45, 2.75) is 11.8 Å². The summed E-state index contributed by atoms with van der Waals surface area (Å²) in [7, 11) is -3.78. The first-order valence-electron chi connectivity index (χ1n) is 7.81. The highest BCUT2D eigenvalue weighted by Crippen LogP contribution is 2.28. The molecule has 1 saturated heterocycles. The van der Waals surface area contributed by atoms with Gasteiger partial charge < -0.3 is 14.8 Å². The van der Waals surface area contributed by atoms with E-state index in [-0.39, 0.29) is 35.2 Å². The van der Waals surface area contributed by atoms with Crippen molar-refractivity contribution in [3.8, 4) is 6.07 Å². The summed E-state index contributed by atoms with van der Waals surface area (Å²) >= 11 is 6.07. The van der Waals surface area contributed by atoms with E-state index >= 15 is 0 Å². The molecular weight excluding hydrogens is 382 g/mol. The predicted octanol–water partition coefficient (Wildman–Crippen LogP) is 1.74. The Labute approximate surface area is 157 Å². The Kier molecular flexibility index (Phi) is 6.99. The Morgan fingerprint density at radius 1 is 1.46 bits per heavy atom. The number of ether oxygens (including phenoxy) is 2. The third kappa shape index (κ3) is 4.74. The first-order chi connectivity index (χ1) is 12.4. The number of benzene rings is 1. The summed E-state index contributed by atoms with van der Waals surface area (Å²) in [4.78, 5) is 11.5. The van der Waals surface area contributed by atoms with E-state index in [4.69, 9.17) is 26.3 Å². The first-order valence-corrected chi connectivity index (χ1v) is 9.63. The Morgan fingerprint density at radius 3 is 2.77 bits per heavy atom. The number of anilines is 1. The number of sulfonamides is 1. The summed E-state index contributed by atoms with van der Waals surface area (Å²) in [6, 6.07) is 6.04. The van der Waals surface area contributed by atoms with Gasteiger partial charge in [0.25, 0.3) is 0 Å². The zero-order valence-electron chi connectivity index (χ0n) is 14.1. The van der Waals surface area contributed by atoms with Crippen LogP contribution in [0.1, 0.15) is 6.92 Å². The summed E-state index contributed by atoms with van der Waals surface area (Å²) in [5.74, 6) is -0.766. The quantitative estimate of drug-likeness (QED) is 0.441. The zero-order valence-corrected chi connectivity index (χ0v) is 15.6. The molecular formula is C16H18ClN3O5S. The molecule has 1 fully saturated rings. The van der Waals surface area contributed by atoms with Crippen molar-refractivity contribution in [2.24, 2.45) is 0 Å². The van der Waals surface area contributed by atoms with Crippen molar-refractivity contribution in [1.29, 1.82) is 5.26 Å². The zero-order chi connectivity index (χ0) is 19.2. The molecule has 140 valence electrons. The molecule has 8 nitrogen and oxygen atoms in total. The highest BCUT2D eigenvalue weighted by molar-refractivity contribution is 7.89. The second kappa shape index (κ2) is 9.00. The van der Waals surface area contributed by atoms with Crippen molar-refractivity contribution < 1.29 is 22.7 Å². The number of esters is 1. The Balaban J connectivity index is 2.27. The molecule has 1 aliphatic heterocycles. The van der Waals surface area contributed by atoms with Gasteiger partial charge in [0.05, 0.1) is 24.8 Å². The number of rotatable bonds is 6. The van der Waals surface area contributed by atoms with Crippen LogP contribution in [0, 0.1) is 11.3 Å². The van der Waals surface area contributed by atoms with E-state index in [0.717, 1.165) is 6.20 Å². The molecule has 10 heteroatoms. The molecule has 0 saturated carbocycles. The average Bonchev–Trinajstić information content (AvgIpc) is 2.64. The lowest BCUT2D eigenvalue weighted by Gasteiger charge is -2.26. The van der Waals surface area contributed by atoms with E-state index in [9.17, 15) is 13.2 Å². The van der Waals surface area contributed by atoms with Gasteiger partial charge in [0, 0.05) is 25.0 Å². The maximum atomic E-state index is 12.8. The number of hydrogen-bond acceptors (Lipinski definition) is 7. The Morgan fingerprint density at radius 2 is 2.15 bits per heavy atom. The smallest absolute Gasteiger partial charge is 0.350 e. The van der Waals surface area contributed by atoms with Gasteiger partial charge >= 0.3 is 5.97 Å². The third-order valence-corrected chi connectivity index (χ3v) is 5.90. The number of nitrogens with one attached hydrogen (secondary N) is 1. The van der Waals surface area contributed by atoms with Crippen LogP contribution in [0.3, 0.4) is 0 Å². The minimum atomic E-state index is -3.78. The third-order valence-electron chi connectivity index (χ3n) is 3.52. The number of nitriles is 1. The molecule has 1 heterocycles. The van der Waals surface area contributed by atoms with E-state index < -0.39 is 16.0 Å². The number of morpholine rings is 1. The topological polar surface area (TPSA) is 109 Å². The van der Waals surface area contributed by atoms with Gasteiger partial charge in [-0.25, -0.2) is 13.2 Å². The van der Waals surface area contributed by atoms with E-state index in [0.29, 0.717) is 18.9 Å². The molecule has 0 radical (unpaired) electrons. The number of hydrogen-bond donors (Lipinski definition) is 1. The fourth-order valence-corrected chi connectivity index (χ4v) is 4.13. The normalized spacial score (nSPS) is 16.0. The number of carbonyl (C=O) groups excluding carboxylic acids is 1. The Bertz CT molecular complexity index is 842. The summed E-state index contributed by atoms with van der Waals surface area (Å²) in [6.07, 6.45) is 1.16. The van der Waals surface area contributed by atoms with Gasteiger partial charge in [0.1, 0.15) is 11.0 Å². The molecule has 0 atom stereocenters. The molecule has 1 aliphatic rings.